The van der Waals surface area contributed by atoms with Gasteiger partial charge in [0, 0.05) is 6.07 Å². The predicted molar refractivity (Wildman–Crippen MR) is 64.1 cm³/mol. The number of benzene rings is 1. The molecule has 0 amide bonds. The van der Waals surface area contributed by atoms with Gasteiger partial charge in [-0.15, -0.1) is 0 Å². The van der Waals surface area contributed by atoms with Gasteiger partial charge in [0.2, 0.25) is 0 Å². The zero-order valence-corrected chi connectivity index (χ0v) is 9.16. The Morgan fingerprint density at radius 3 is 2.67 bits per heavy atom. The minimum atomic E-state index is -1.05. The Morgan fingerprint density at radius 1 is 1.17 bits per heavy atom. The average molecular weight is 240 g/mol. The fourth-order valence-corrected chi connectivity index (χ4v) is 1.64. The molecule has 18 heavy (non-hydrogen) atoms. The molecular formula is C12H8N4O2. The standard InChI is InChI=1S/C12H8N4O2/c17-12(18)10-5-9(15-16-10)11-6-13-7-3-1-2-4-8(7)14-11/h1-6H,(H,15,16)(H,17,18). The second-order valence-corrected chi connectivity index (χ2v) is 3.72. The lowest BCUT2D eigenvalue weighted by atomic mass is 10.2. The molecule has 2 N–H and O–H groups in total. The maximum absolute atomic E-state index is 10.8. The van der Waals surface area contributed by atoms with E-state index in [1.165, 1.54) is 6.07 Å². The van der Waals surface area contributed by atoms with Gasteiger partial charge in [0.05, 0.1) is 17.2 Å². The van der Waals surface area contributed by atoms with Crippen LogP contribution >= 0.6 is 0 Å². The van der Waals surface area contributed by atoms with Crippen molar-refractivity contribution < 1.29 is 9.90 Å². The Hall–Kier alpha value is -2.76. The molecule has 6 heteroatoms. The van der Waals surface area contributed by atoms with E-state index in [0.717, 1.165) is 11.0 Å². The number of nitrogens with one attached hydrogen (secondary N) is 1. The summed E-state index contributed by atoms with van der Waals surface area (Å²) in [6.07, 6.45) is 1.57. The molecule has 2 heterocycles. The van der Waals surface area contributed by atoms with Crippen LogP contribution in [0, 0.1) is 0 Å². The van der Waals surface area contributed by atoms with Gasteiger partial charge < -0.3 is 5.11 Å². The van der Waals surface area contributed by atoms with Crippen LogP contribution in [0.4, 0.5) is 0 Å². The summed E-state index contributed by atoms with van der Waals surface area (Å²) >= 11 is 0. The highest BCUT2D eigenvalue weighted by atomic mass is 16.4. The topological polar surface area (TPSA) is 91.8 Å². The molecule has 0 radical (unpaired) electrons. The monoisotopic (exact) mass is 240 g/mol. The maximum atomic E-state index is 10.8. The third kappa shape index (κ3) is 1.69. The largest absolute Gasteiger partial charge is 0.477 e. The Kier molecular flexibility index (Phi) is 2.26. The van der Waals surface area contributed by atoms with Crippen molar-refractivity contribution in [1.29, 1.82) is 0 Å². The molecule has 0 unspecified atom stereocenters. The Labute approximate surface area is 101 Å². The van der Waals surface area contributed by atoms with Crippen LogP contribution in [0.25, 0.3) is 22.4 Å². The van der Waals surface area contributed by atoms with Gasteiger partial charge in [-0.1, -0.05) is 12.1 Å². The van der Waals surface area contributed by atoms with E-state index in [4.69, 9.17) is 5.11 Å². The first kappa shape index (κ1) is 10.4. The van der Waals surface area contributed by atoms with Crippen LogP contribution in [0.1, 0.15) is 10.5 Å². The van der Waals surface area contributed by atoms with Crippen molar-refractivity contribution in [3.8, 4) is 11.4 Å². The van der Waals surface area contributed by atoms with Gasteiger partial charge in [0.1, 0.15) is 17.1 Å². The summed E-state index contributed by atoms with van der Waals surface area (Å²) in [5, 5.41) is 15.2. The van der Waals surface area contributed by atoms with E-state index in [1.807, 2.05) is 24.3 Å². The number of carbonyl (C=O) groups is 1. The normalized spacial score (nSPS) is 10.7. The molecule has 2 aromatic heterocycles. The van der Waals surface area contributed by atoms with Crippen molar-refractivity contribution in [1.82, 2.24) is 20.2 Å². The summed E-state index contributed by atoms with van der Waals surface area (Å²) < 4.78 is 0. The molecule has 0 atom stereocenters. The first-order valence-corrected chi connectivity index (χ1v) is 5.25. The van der Waals surface area contributed by atoms with Crippen LogP contribution in [-0.2, 0) is 0 Å². The summed E-state index contributed by atoms with van der Waals surface area (Å²) in [7, 11) is 0. The molecule has 88 valence electrons. The minimum absolute atomic E-state index is 0.0277. The molecule has 0 aliphatic carbocycles. The third-order valence-electron chi connectivity index (χ3n) is 2.52. The Bertz CT molecular complexity index is 736. The van der Waals surface area contributed by atoms with Crippen molar-refractivity contribution >= 4 is 17.0 Å². The van der Waals surface area contributed by atoms with Crippen molar-refractivity contribution in [2.75, 3.05) is 0 Å². The Morgan fingerprint density at radius 2 is 1.94 bits per heavy atom. The highest BCUT2D eigenvalue weighted by Gasteiger charge is 2.10. The van der Waals surface area contributed by atoms with Gasteiger partial charge in [0.25, 0.3) is 0 Å². The Balaban J connectivity index is 2.10. The van der Waals surface area contributed by atoms with E-state index in [9.17, 15) is 4.79 Å². The first-order valence-electron chi connectivity index (χ1n) is 5.25. The van der Waals surface area contributed by atoms with Crippen molar-refractivity contribution in [2.24, 2.45) is 0 Å². The molecule has 0 bridgehead atoms. The number of carboxylic acid groups (broad SMARTS) is 1. The van der Waals surface area contributed by atoms with Crippen LogP contribution in [0.2, 0.25) is 0 Å². The summed E-state index contributed by atoms with van der Waals surface area (Å²) in [6, 6.07) is 8.89. The number of aromatic amines is 1. The van der Waals surface area contributed by atoms with Crippen molar-refractivity contribution in [2.45, 2.75) is 0 Å². The molecule has 1 aromatic carbocycles. The number of aromatic nitrogens is 4. The lowest BCUT2D eigenvalue weighted by Crippen LogP contribution is -1.95. The average Bonchev–Trinajstić information content (AvgIpc) is 2.88. The summed E-state index contributed by atoms with van der Waals surface area (Å²) in [5.74, 6) is -1.05. The van der Waals surface area contributed by atoms with E-state index in [0.29, 0.717) is 11.4 Å². The highest BCUT2D eigenvalue weighted by molar-refractivity contribution is 5.86. The molecule has 0 aliphatic heterocycles. The van der Waals surface area contributed by atoms with Crippen LogP contribution in [0.15, 0.2) is 36.5 Å². The molecular weight excluding hydrogens is 232 g/mol. The molecule has 0 saturated carbocycles. The predicted octanol–water partition coefficient (Wildman–Crippen LogP) is 1.72. The fourth-order valence-electron chi connectivity index (χ4n) is 1.64. The van der Waals surface area contributed by atoms with Crippen LogP contribution in [-0.4, -0.2) is 31.2 Å². The summed E-state index contributed by atoms with van der Waals surface area (Å²) in [6.45, 7) is 0. The number of nitrogens with zero attached hydrogens (tertiary/aromatic N) is 3. The van der Waals surface area contributed by atoms with E-state index in [2.05, 4.69) is 20.2 Å². The number of rotatable bonds is 2. The zero-order valence-electron chi connectivity index (χ0n) is 9.16. The molecule has 0 saturated heterocycles. The number of hydrogen-bond donors (Lipinski definition) is 2. The van der Waals surface area contributed by atoms with Gasteiger partial charge in [0.15, 0.2) is 0 Å². The van der Waals surface area contributed by atoms with Gasteiger partial charge in [-0.25, -0.2) is 9.78 Å². The quantitative estimate of drug-likeness (QED) is 0.711. The van der Waals surface area contributed by atoms with Gasteiger partial charge in [-0.3, -0.25) is 10.1 Å². The number of hydrogen-bond acceptors (Lipinski definition) is 4. The van der Waals surface area contributed by atoms with Crippen LogP contribution in [0.3, 0.4) is 0 Å². The number of H-pyrrole nitrogens is 1. The lowest BCUT2D eigenvalue weighted by Gasteiger charge is -1.98. The molecule has 3 aromatic rings. The number of fused-ring (bicyclic) bond motifs is 1. The SMILES string of the molecule is O=C(O)c1cc(-c2cnc3ccccc3n2)n[nH]1. The number of aromatic carboxylic acids is 1. The van der Waals surface area contributed by atoms with E-state index >= 15 is 0 Å². The van der Waals surface area contributed by atoms with Crippen molar-refractivity contribution in [3.05, 3.63) is 42.2 Å². The van der Waals surface area contributed by atoms with E-state index in [1.54, 1.807) is 6.20 Å². The minimum Gasteiger partial charge on any atom is -0.477 e. The van der Waals surface area contributed by atoms with Gasteiger partial charge in [-0.2, -0.15) is 5.10 Å². The summed E-state index contributed by atoms with van der Waals surface area (Å²) in [5.41, 5.74) is 2.56. The van der Waals surface area contributed by atoms with Gasteiger partial charge in [-0.05, 0) is 12.1 Å². The van der Waals surface area contributed by atoms with Crippen LogP contribution in [0.5, 0.6) is 0 Å². The molecule has 6 nitrogen and oxygen atoms in total. The second-order valence-electron chi connectivity index (χ2n) is 3.72. The smallest absolute Gasteiger partial charge is 0.353 e. The van der Waals surface area contributed by atoms with Crippen LogP contribution < -0.4 is 0 Å². The van der Waals surface area contributed by atoms with E-state index < -0.39 is 5.97 Å². The van der Waals surface area contributed by atoms with Crippen molar-refractivity contribution in [3.63, 3.8) is 0 Å². The van der Waals surface area contributed by atoms with Gasteiger partial charge >= 0.3 is 5.97 Å². The lowest BCUT2D eigenvalue weighted by molar-refractivity contribution is 0.0690. The third-order valence-corrected chi connectivity index (χ3v) is 2.52. The molecule has 3 rings (SSSR count). The first-order chi connectivity index (χ1) is 8.74. The molecule has 0 aliphatic rings. The summed E-state index contributed by atoms with van der Waals surface area (Å²) in [4.78, 5) is 19.4. The number of para-hydroxylation sites is 2. The molecule has 0 spiro atoms. The second kappa shape index (κ2) is 3.92. The number of carboxylic acids is 1. The van der Waals surface area contributed by atoms with E-state index in [-0.39, 0.29) is 5.69 Å². The highest BCUT2D eigenvalue weighted by Crippen LogP contribution is 2.17. The maximum Gasteiger partial charge on any atom is 0.353 e. The fraction of sp³-hybridized carbons (Fsp3) is 0. The zero-order chi connectivity index (χ0) is 12.5. The molecule has 0 fully saturated rings.